The van der Waals surface area contributed by atoms with Gasteiger partial charge in [0.25, 0.3) is 15.9 Å². The number of carbonyl (C=O) groups is 3. The second kappa shape index (κ2) is 13.1. The van der Waals surface area contributed by atoms with Crippen molar-refractivity contribution in [1.29, 1.82) is 0 Å². The van der Waals surface area contributed by atoms with Gasteiger partial charge in [-0.05, 0) is 41.8 Å². The van der Waals surface area contributed by atoms with Crippen molar-refractivity contribution in [3.63, 3.8) is 0 Å². The van der Waals surface area contributed by atoms with Gasteiger partial charge < -0.3 is 10.2 Å². The van der Waals surface area contributed by atoms with Crippen molar-refractivity contribution >= 4 is 39.3 Å². The van der Waals surface area contributed by atoms with E-state index in [1.54, 1.807) is 36.4 Å². The molecule has 1 N–H and O–H groups in total. The quantitative estimate of drug-likeness (QED) is 0.319. The number of hydrogen-bond acceptors (Lipinski definition) is 5. The third-order valence-electron chi connectivity index (χ3n) is 6.81. The van der Waals surface area contributed by atoms with Crippen LogP contribution in [0.1, 0.15) is 47.7 Å². The minimum absolute atomic E-state index is 0.0669. The predicted molar refractivity (Wildman–Crippen MR) is 153 cm³/mol. The molecule has 0 radical (unpaired) electrons. The number of sulfonamides is 1. The average molecular weight is 582 g/mol. The Kier molecular flexibility index (Phi) is 9.60. The Morgan fingerprint density at radius 2 is 1.62 bits per heavy atom. The van der Waals surface area contributed by atoms with Gasteiger partial charge in [0, 0.05) is 37.5 Å². The number of fused-ring (bicyclic) bond motifs is 1. The summed E-state index contributed by atoms with van der Waals surface area (Å²) in [5, 5.41) is 3.49. The van der Waals surface area contributed by atoms with Gasteiger partial charge >= 0.3 is 0 Å². The first-order valence-electron chi connectivity index (χ1n) is 13.2. The highest BCUT2D eigenvalue weighted by Crippen LogP contribution is 2.30. The highest BCUT2D eigenvalue weighted by molar-refractivity contribution is 7.90. The molecule has 40 heavy (non-hydrogen) atoms. The summed E-state index contributed by atoms with van der Waals surface area (Å²) in [7, 11) is -4.06. The molecule has 0 saturated heterocycles. The first kappa shape index (κ1) is 29.3. The van der Waals surface area contributed by atoms with Crippen molar-refractivity contribution in [3.8, 4) is 0 Å². The third kappa shape index (κ3) is 6.71. The molecule has 0 saturated carbocycles. The summed E-state index contributed by atoms with van der Waals surface area (Å²) in [5.74, 6) is -1.40. The summed E-state index contributed by atoms with van der Waals surface area (Å²) in [6.45, 7) is 2.27. The van der Waals surface area contributed by atoms with Gasteiger partial charge in [-0.1, -0.05) is 79.5 Å². The maximum absolute atomic E-state index is 13.8. The molecule has 3 aromatic carbocycles. The number of unbranched alkanes of at least 4 members (excludes halogenated alkanes) is 1. The standard InChI is InChI=1S/C30H32ClN3O5S/c1-2-3-18-32-29(36)26(20-22-9-5-4-6-10-22)33(21-23-13-15-24(31)16-14-23)28(35)17-19-34-30(37)25-11-7-8-12-27(25)40(34,38)39/h4-16,26H,2-3,17-21H2,1H3,(H,32,36)/t26-/m1/s1. The number of hydrogen-bond donors (Lipinski definition) is 1. The van der Waals surface area contributed by atoms with E-state index < -0.39 is 27.9 Å². The Bertz CT molecular complexity index is 1460. The largest absolute Gasteiger partial charge is 0.354 e. The maximum atomic E-state index is 13.8. The molecule has 1 aliphatic heterocycles. The molecule has 0 aliphatic carbocycles. The van der Waals surface area contributed by atoms with Gasteiger partial charge in [-0.25, -0.2) is 12.7 Å². The number of amides is 3. The summed E-state index contributed by atoms with van der Waals surface area (Å²) >= 11 is 6.06. The average Bonchev–Trinajstić information content (AvgIpc) is 3.15. The van der Waals surface area contributed by atoms with Crippen LogP contribution in [-0.4, -0.2) is 54.5 Å². The van der Waals surface area contributed by atoms with Crippen molar-refractivity contribution in [2.45, 2.75) is 50.1 Å². The van der Waals surface area contributed by atoms with Crippen LogP contribution in [0.3, 0.4) is 0 Å². The highest BCUT2D eigenvalue weighted by atomic mass is 35.5. The molecule has 0 bridgehead atoms. The Morgan fingerprint density at radius 1 is 0.950 bits per heavy atom. The zero-order valence-corrected chi connectivity index (χ0v) is 23.8. The molecular weight excluding hydrogens is 550 g/mol. The van der Waals surface area contributed by atoms with Gasteiger partial charge in [0.1, 0.15) is 10.9 Å². The Labute approximate surface area is 240 Å². The number of nitrogens with one attached hydrogen (secondary N) is 1. The van der Waals surface area contributed by atoms with E-state index in [1.807, 2.05) is 37.3 Å². The van der Waals surface area contributed by atoms with Crippen LogP contribution in [0.4, 0.5) is 0 Å². The first-order chi connectivity index (χ1) is 19.2. The number of halogens is 1. The number of nitrogens with zero attached hydrogens (tertiary/aromatic N) is 2. The van der Waals surface area contributed by atoms with E-state index in [0.717, 1.165) is 28.3 Å². The summed E-state index contributed by atoms with van der Waals surface area (Å²) < 4.78 is 26.8. The molecule has 0 spiro atoms. The summed E-state index contributed by atoms with van der Waals surface area (Å²) in [6, 6.07) is 21.5. The van der Waals surface area contributed by atoms with Crippen LogP contribution in [0.5, 0.6) is 0 Å². The van der Waals surface area contributed by atoms with E-state index in [1.165, 1.54) is 17.0 Å². The Hall–Kier alpha value is -3.69. The Morgan fingerprint density at radius 3 is 2.30 bits per heavy atom. The lowest BCUT2D eigenvalue weighted by Crippen LogP contribution is -2.51. The number of carbonyl (C=O) groups excluding carboxylic acids is 3. The molecule has 1 atom stereocenters. The van der Waals surface area contributed by atoms with Crippen LogP contribution in [-0.2, 0) is 32.6 Å². The van der Waals surface area contributed by atoms with Gasteiger partial charge in [-0.15, -0.1) is 0 Å². The molecule has 1 heterocycles. The second-order valence-corrected chi connectivity index (χ2v) is 11.9. The molecule has 3 amide bonds. The minimum Gasteiger partial charge on any atom is -0.354 e. The molecule has 4 rings (SSSR count). The zero-order chi connectivity index (χ0) is 28.7. The molecular formula is C30H32ClN3O5S. The van der Waals surface area contributed by atoms with Crippen molar-refractivity contribution in [2.75, 3.05) is 13.1 Å². The minimum atomic E-state index is -4.06. The van der Waals surface area contributed by atoms with Crippen LogP contribution < -0.4 is 5.32 Å². The predicted octanol–water partition coefficient (Wildman–Crippen LogP) is 4.43. The molecule has 0 aromatic heterocycles. The summed E-state index contributed by atoms with van der Waals surface area (Å²) in [5.41, 5.74) is 1.72. The maximum Gasteiger partial charge on any atom is 0.269 e. The van der Waals surface area contributed by atoms with Crippen molar-refractivity contribution < 1.29 is 22.8 Å². The lowest BCUT2D eigenvalue weighted by atomic mass is 10.0. The fraction of sp³-hybridized carbons (Fsp3) is 0.300. The lowest BCUT2D eigenvalue weighted by Gasteiger charge is -2.32. The van der Waals surface area contributed by atoms with E-state index in [4.69, 9.17) is 11.6 Å². The van der Waals surface area contributed by atoms with Crippen LogP contribution in [0.25, 0.3) is 0 Å². The molecule has 1 aliphatic rings. The highest BCUT2D eigenvalue weighted by Gasteiger charge is 2.41. The van der Waals surface area contributed by atoms with Crippen LogP contribution in [0, 0.1) is 0 Å². The van der Waals surface area contributed by atoms with Gasteiger partial charge in [0.15, 0.2) is 0 Å². The van der Waals surface area contributed by atoms with Gasteiger partial charge in [-0.3, -0.25) is 14.4 Å². The number of benzene rings is 3. The first-order valence-corrected chi connectivity index (χ1v) is 15.1. The smallest absolute Gasteiger partial charge is 0.269 e. The lowest BCUT2D eigenvalue weighted by molar-refractivity contribution is -0.141. The van der Waals surface area contributed by atoms with Crippen molar-refractivity contribution in [2.24, 2.45) is 0 Å². The molecule has 8 nitrogen and oxygen atoms in total. The van der Waals surface area contributed by atoms with Crippen molar-refractivity contribution in [3.05, 3.63) is 101 Å². The molecule has 0 unspecified atom stereocenters. The van der Waals surface area contributed by atoms with E-state index in [0.29, 0.717) is 11.6 Å². The number of rotatable bonds is 12. The van der Waals surface area contributed by atoms with Crippen LogP contribution in [0.15, 0.2) is 83.8 Å². The molecule has 0 fully saturated rings. The monoisotopic (exact) mass is 581 g/mol. The van der Waals surface area contributed by atoms with Crippen LogP contribution >= 0.6 is 11.6 Å². The zero-order valence-electron chi connectivity index (χ0n) is 22.3. The van der Waals surface area contributed by atoms with E-state index in [2.05, 4.69) is 5.32 Å². The summed E-state index contributed by atoms with van der Waals surface area (Å²) in [4.78, 5) is 41.6. The fourth-order valence-electron chi connectivity index (χ4n) is 4.64. The van der Waals surface area contributed by atoms with E-state index in [9.17, 15) is 22.8 Å². The molecule has 210 valence electrons. The van der Waals surface area contributed by atoms with Gasteiger partial charge in [0.2, 0.25) is 11.8 Å². The normalized spacial score (nSPS) is 14.4. The SMILES string of the molecule is CCCCNC(=O)[C@@H](Cc1ccccc1)N(Cc1ccc(Cl)cc1)C(=O)CCN1C(=O)c2ccccc2S1(=O)=O. The van der Waals surface area contributed by atoms with Gasteiger partial charge in [-0.2, -0.15) is 0 Å². The Balaban J connectivity index is 1.62. The van der Waals surface area contributed by atoms with Crippen LogP contribution in [0.2, 0.25) is 5.02 Å². The van der Waals surface area contributed by atoms with Gasteiger partial charge in [0.05, 0.1) is 5.56 Å². The van der Waals surface area contributed by atoms with E-state index in [-0.39, 0.29) is 42.3 Å². The topological polar surface area (TPSA) is 104 Å². The molecule has 10 heteroatoms. The van der Waals surface area contributed by atoms with E-state index >= 15 is 0 Å². The second-order valence-electron chi connectivity index (χ2n) is 9.63. The van der Waals surface area contributed by atoms with Crippen molar-refractivity contribution in [1.82, 2.24) is 14.5 Å². The third-order valence-corrected chi connectivity index (χ3v) is 8.90. The molecule has 3 aromatic rings. The fourth-order valence-corrected chi connectivity index (χ4v) is 6.34. The summed E-state index contributed by atoms with van der Waals surface area (Å²) in [6.07, 6.45) is 1.69.